The Balaban J connectivity index is 1.77. The number of nitrogens with one attached hydrogen (secondary N) is 1. The Kier molecular flexibility index (Phi) is 4.21. The summed E-state index contributed by atoms with van der Waals surface area (Å²) < 4.78 is 47.5. The van der Waals surface area contributed by atoms with Crippen LogP contribution in [-0.4, -0.2) is 62.4 Å². The summed E-state index contributed by atoms with van der Waals surface area (Å²) in [5, 5.41) is 5.11. The fourth-order valence-corrected chi connectivity index (χ4v) is 3.18. The summed E-state index contributed by atoms with van der Waals surface area (Å²) in [5.74, 6) is 0.600. The normalized spacial score (nSPS) is 17.3. The van der Waals surface area contributed by atoms with Gasteiger partial charge in [-0.2, -0.15) is 0 Å². The number of hydrogen-bond acceptors (Lipinski definition) is 5. The number of hydrogen-bond donors (Lipinski definition) is 2. The van der Waals surface area contributed by atoms with Crippen LogP contribution in [0.15, 0.2) is 23.1 Å². The Morgan fingerprint density at radius 2 is 1.96 bits per heavy atom. The molecule has 1 fully saturated rings. The summed E-state index contributed by atoms with van der Waals surface area (Å²) in [5.41, 5.74) is 1.20. The van der Waals surface area contributed by atoms with E-state index in [-0.39, 0.29) is 11.4 Å². The van der Waals surface area contributed by atoms with E-state index in [2.05, 4.69) is 9.97 Å². The molecule has 1 aromatic carbocycles. The maximum absolute atomic E-state index is 12.4. The third-order valence-corrected chi connectivity index (χ3v) is 4.75. The average molecular weight is 345 g/mol. The topological polar surface area (TPSA) is 95.3 Å². The van der Waals surface area contributed by atoms with Crippen molar-refractivity contribution in [3.63, 3.8) is 0 Å². The SMILES string of the molecule is NS(=O)(=O)c1ccc2nc(N3CCN(CC(F)F)CC3)[nH]c2c1. The molecule has 1 saturated heterocycles. The van der Waals surface area contributed by atoms with Gasteiger partial charge in [-0.3, -0.25) is 4.90 Å². The van der Waals surface area contributed by atoms with Gasteiger partial charge >= 0.3 is 0 Å². The summed E-state index contributed by atoms with van der Waals surface area (Å²) in [7, 11) is -3.77. The predicted molar refractivity (Wildman–Crippen MR) is 82.1 cm³/mol. The van der Waals surface area contributed by atoms with E-state index in [9.17, 15) is 17.2 Å². The van der Waals surface area contributed by atoms with Crippen LogP contribution in [0.4, 0.5) is 14.7 Å². The van der Waals surface area contributed by atoms with Gasteiger partial charge in [-0.25, -0.2) is 27.3 Å². The lowest BCUT2D eigenvalue weighted by molar-refractivity contribution is 0.0853. The smallest absolute Gasteiger partial charge is 0.251 e. The average Bonchev–Trinajstić information content (AvgIpc) is 2.89. The number of aromatic amines is 1. The van der Waals surface area contributed by atoms with Crippen molar-refractivity contribution in [2.45, 2.75) is 11.3 Å². The molecule has 0 unspecified atom stereocenters. The first-order valence-corrected chi connectivity index (χ1v) is 8.65. The number of halogens is 2. The van der Waals surface area contributed by atoms with Gasteiger partial charge < -0.3 is 9.88 Å². The second-order valence-corrected chi connectivity index (χ2v) is 7.02. The first kappa shape index (κ1) is 16.1. The number of benzene rings is 1. The highest BCUT2D eigenvalue weighted by Crippen LogP contribution is 2.21. The minimum Gasteiger partial charge on any atom is -0.340 e. The number of sulfonamides is 1. The maximum atomic E-state index is 12.4. The lowest BCUT2D eigenvalue weighted by atomic mass is 10.3. The van der Waals surface area contributed by atoms with Gasteiger partial charge in [0.1, 0.15) is 0 Å². The standard InChI is InChI=1S/C13H17F2N5O2S/c14-12(15)8-19-3-5-20(6-4-19)13-17-10-2-1-9(23(16,21)22)7-11(10)18-13/h1-2,7,12H,3-6,8H2,(H,17,18)(H2,16,21,22). The van der Waals surface area contributed by atoms with Crippen molar-refractivity contribution in [3.8, 4) is 0 Å². The van der Waals surface area contributed by atoms with Crippen LogP contribution in [-0.2, 0) is 10.0 Å². The maximum Gasteiger partial charge on any atom is 0.251 e. The third kappa shape index (κ3) is 3.59. The van der Waals surface area contributed by atoms with E-state index in [0.717, 1.165) is 0 Å². The molecule has 0 atom stereocenters. The zero-order valence-corrected chi connectivity index (χ0v) is 13.1. The number of H-pyrrole nitrogens is 1. The molecule has 2 aromatic rings. The highest BCUT2D eigenvalue weighted by molar-refractivity contribution is 7.89. The minimum atomic E-state index is -3.77. The number of primary sulfonamides is 1. The van der Waals surface area contributed by atoms with Crippen molar-refractivity contribution in [1.29, 1.82) is 0 Å². The van der Waals surface area contributed by atoms with Gasteiger partial charge in [0.25, 0.3) is 6.43 Å². The number of rotatable bonds is 4. The summed E-state index contributed by atoms with van der Waals surface area (Å²) in [4.78, 5) is 11.2. The van der Waals surface area contributed by atoms with Gasteiger partial charge in [0.15, 0.2) is 0 Å². The van der Waals surface area contributed by atoms with E-state index in [0.29, 0.717) is 43.2 Å². The van der Waals surface area contributed by atoms with Crippen LogP contribution >= 0.6 is 0 Å². The van der Waals surface area contributed by atoms with Crippen molar-refractivity contribution >= 4 is 27.0 Å². The Morgan fingerprint density at radius 3 is 2.57 bits per heavy atom. The van der Waals surface area contributed by atoms with E-state index >= 15 is 0 Å². The lowest BCUT2D eigenvalue weighted by Crippen LogP contribution is -2.48. The zero-order chi connectivity index (χ0) is 16.6. The van der Waals surface area contributed by atoms with Crippen molar-refractivity contribution in [1.82, 2.24) is 14.9 Å². The Morgan fingerprint density at radius 1 is 1.26 bits per heavy atom. The molecule has 3 N–H and O–H groups in total. The molecular weight excluding hydrogens is 328 g/mol. The largest absolute Gasteiger partial charge is 0.340 e. The van der Waals surface area contributed by atoms with E-state index in [1.54, 1.807) is 11.0 Å². The fourth-order valence-electron chi connectivity index (χ4n) is 2.64. The van der Waals surface area contributed by atoms with E-state index < -0.39 is 16.4 Å². The molecule has 0 amide bonds. The first-order chi connectivity index (χ1) is 10.8. The molecular formula is C13H17F2N5O2S. The molecule has 0 spiro atoms. The molecule has 0 radical (unpaired) electrons. The number of nitrogens with zero attached hydrogens (tertiary/aromatic N) is 3. The van der Waals surface area contributed by atoms with Crippen LogP contribution in [0, 0.1) is 0 Å². The number of anilines is 1. The Hall–Kier alpha value is -1.78. The van der Waals surface area contributed by atoms with Gasteiger partial charge in [-0.15, -0.1) is 0 Å². The molecule has 0 bridgehead atoms. The van der Waals surface area contributed by atoms with Crippen molar-refractivity contribution in [3.05, 3.63) is 18.2 Å². The molecule has 10 heteroatoms. The highest BCUT2D eigenvalue weighted by atomic mass is 32.2. The van der Waals surface area contributed by atoms with E-state index in [4.69, 9.17) is 5.14 Å². The number of alkyl halides is 2. The van der Waals surface area contributed by atoms with Crippen LogP contribution < -0.4 is 10.0 Å². The second kappa shape index (κ2) is 6.02. The molecule has 1 aromatic heterocycles. The Labute approximate surface area is 132 Å². The van der Waals surface area contributed by atoms with Gasteiger partial charge in [-0.05, 0) is 18.2 Å². The molecule has 1 aliphatic heterocycles. The van der Waals surface area contributed by atoms with Gasteiger partial charge in [0, 0.05) is 26.2 Å². The monoisotopic (exact) mass is 345 g/mol. The summed E-state index contributed by atoms with van der Waals surface area (Å²) in [6, 6.07) is 4.43. The molecule has 2 heterocycles. The van der Waals surface area contributed by atoms with Crippen molar-refractivity contribution in [2.24, 2.45) is 5.14 Å². The van der Waals surface area contributed by atoms with Crippen molar-refractivity contribution < 1.29 is 17.2 Å². The molecule has 0 aliphatic carbocycles. The van der Waals surface area contributed by atoms with Crippen LogP contribution in [0.25, 0.3) is 11.0 Å². The molecule has 3 rings (SSSR count). The van der Waals surface area contributed by atoms with Gasteiger partial charge in [0.2, 0.25) is 16.0 Å². The van der Waals surface area contributed by atoms with Crippen LogP contribution in [0.5, 0.6) is 0 Å². The van der Waals surface area contributed by atoms with Crippen LogP contribution in [0.3, 0.4) is 0 Å². The molecule has 0 saturated carbocycles. The quantitative estimate of drug-likeness (QED) is 0.846. The number of piperazine rings is 1. The van der Waals surface area contributed by atoms with Crippen molar-refractivity contribution in [2.75, 3.05) is 37.6 Å². The number of imidazole rings is 1. The lowest BCUT2D eigenvalue weighted by Gasteiger charge is -2.34. The minimum absolute atomic E-state index is 0.0157. The predicted octanol–water partition coefficient (Wildman–Crippen LogP) is 0.597. The van der Waals surface area contributed by atoms with Crippen LogP contribution in [0.1, 0.15) is 0 Å². The third-order valence-electron chi connectivity index (χ3n) is 3.84. The molecule has 23 heavy (non-hydrogen) atoms. The fraction of sp³-hybridized carbons (Fsp3) is 0.462. The number of nitrogens with two attached hydrogens (primary N) is 1. The van der Waals surface area contributed by atoms with Gasteiger partial charge in [0.05, 0.1) is 22.5 Å². The molecule has 1 aliphatic rings. The number of fused-ring (bicyclic) bond motifs is 1. The number of aromatic nitrogens is 2. The zero-order valence-electron chi connectivity index (χ0n) is 12.2. The molecule has 7 nitrogen and oxygen atoms in total. The second-order valence-electron chi connectivity index (χ2n) is 5.46. The van der Waals surface area contributed by atoms with Crippen LogP contribution in [0.2, 0.25) is 0 Å². The summed E-state index contributed by atoms with van der Waals surface area (Å²) in [6.07, 6.45) is -2.33. The first-order valence-electron chi connectivity index (χ1n) is 7.11. The molecule has 126 valence electrons. The Bertz CT molecular complexity index is 800. The van der Waals surface area contributed by atoms with E-state index in [1.165, 1.54) is 12.1 Å². The summed E-state index contributed by atoms with van der Waals surface area (Å²) >= 11 is 0. The highest BCUT2D eigenvalue weighted by Gasteiger charge is 2.21. The summed E-state index contributed by atoms with van der Waals surface area (Å²) in [6.45, 7) is 2.00. The van der Waals surface area contributed by atoms with E-state index in [1.807, 2.05) is 4.90 Å². The van der Waals surface area contributed by atoms with Gasteiger partial charge in [-0.1, -0.05) is 0 Å².